The molecular weight excluding hydrogens is 228 g/mol. The summed E-state index contributed by atoms with van der Waals surface area (Å²) < 4.78 is 4.86. The summed E-state index contributed by atoms with van der Waals surface area (Å²) >= 11 is 0. The standard InChI is InChI=1S/C15H20O3/c1-3-14(16)13-10-8-12(9-11-13)6-5-7-15(17)18-4-2/h8-11H,3-7H2,1-2H3. The van der Waals surface area contributed by atoms with Gasteiger partial charge in [0.15, 0.2) is 5.78 Å². The number of esters is 1. The van der Waals surface area contributed by atoms with Crippen LogP contribution in [0.5, 0.6) is 0 Å². The lowest BCUT2D eigenvalue weighted by Crippen LogP contribution is -2.04. The third-order valence-corrected chi connectivity index (χ3v) is 2.75. The van der Waals surface area contributed by atoms with Crippen LogP contribution in [0.2, 0.25) is 0 Å². The van der Waals surface area contributed by atoms with Gasteiger partial charge in [0.2, 0.25) is 0 Å². The van der Waals surface area contributed by atoms with Crippen molar-refractivity contribution in [1.29, 1.82) is 0 Å². The molecular formula is C15H20O3. The normalized spacial score (nSPS) is 10.1. The van der Waals surface area contributed by atoms with Crippen molar-refractivity contribution < 1.29 is 14.3 Å². The second-order valence-corrected chi connectivity index (χ2v) is 4.13. The van der Waals surface area contributed by atoms with Gasteiger partial charge in [-0.05, 0) is 25.3 Å². The van der Waals surface area contributed by atoms with Crippen LogP contribution in [0.1, 0.15) is 49.0 Å². The Morgan fingerprint density at radius 1 is 1.11 bits per heavy atom. The van der Waals surface area contributed by atoms with Crippen LogP contribution in [-0.2, 0) is 16.0 Å². The van der Waals surface area contributed by atoms with Gasteiger partial charge in [-0.25, -0.2) is 0 Å². The Kier molecular flexibility index (Phi) is 6.12. The summed E-state index contributed by atoms with van der Waals surface area (Å²) in [7, 11) is 0. The Morgan fingerprint density at radius 3 is 2.33 bits per heavy atom. The van der Waals surface area contributed by atoms with Crippen LogP contribution in [0.15, 0.2) is 24.3 Å². The maximum absolute atomic E-state index is 11.4. The first-order valence-electron chi connectivity index (χ1n) is 6.45. The highest BCUT2D eigenvalue weighted by Crippen LogP contribution is 2.10. The third kappa shape index (κ3) is 4.70. The van der Waals surface area contributed by atoms with Crippen molar-refractivity contribution in [2.24, 2.45) is 0 Å². The van der Waals surface area contributed by atoms with Gasteiger partial charge in [-0.2, -0.15) is 0 Å². The van der Waals surface area contributed by atoms with Crippen molar-refractivity contribution in [2.45, 2.75) is 39.5 Å². The molecule has 0 aromatic heterocycles. The van der Waals surface area contributed by atoms with E-state index in [0.29, 0.717) is 19.4 Å². The number of ketones is 1. The lowest BCUT2D eigenvalue weighted by molar-refractivity contribution is -0.143. The van der Waals surface area contributed by atoms with Gasteiger partial charge in [-0.1, -0.05) is 31.2 Å². The molecule has 0 saturated heterocycles. The molecule has 0 heterocycles. The molecule has 0 unspecified atom stereocenters. The number of carbonyl (C=O) groups is 2. The van der Waals surface area contributed by atoms with E-state index in [4.69, 9.17) is 4.74 Å². The first-order chi connectivity index (χ1) is 8.67. The molecule has 18 heavy (non-hydrogen) atoms. The predicted octanol–water partition coefficient (Wildman–Crippen LogP) is 3.17. The van der Waals surface area contributed by atoms with E-state index in [9.17, 15) is 9.59 Å². The maximum Gasteiger partial charge on any atom is 0.305 e. The van der Waals surface area contributed by atoms with Gasteiger partial charge in [-0.3, -0.25) is 9.59 Å². The molecule has 0 spiro atoms. The lowest BCUT2D eigenvalue weighted by Gasteiger charge is -2.03. The molecule has 0 fully saturated rings. The fourth-order valence-electron chi connectivity index (χ4n) is 1.73. The van der Waals surface area contributed by atoms with Crippen molar-refractivity contribution in [3.63, 3.8) is 0 Å². The highest BCUT2D eigenvalue weighted by Gasteiger charge is 2.04. The average molecular weight is 248 g/mol. The molecule has 1 aromatic rings. The Hall–Kier alpha value is -1.64. The summed E-state index contributed by atoms with van der Waals surface area (Å²) in [6, 6.07) is 7.61. The summed E-state index contributed by atoms with van der Waals surface area (Å²) in [6.07, 6.45) is 2.59. The number of benzene rings is 1. The molecule has 0 bridgehead atoms. The minimum absolute atomic E-state index is 0.143. The molecule has 1 rings (SSSR count). The Labute approximate surface area is 108 Å². The fourth-order valence-corrected chi connectivity index (χ4v) is 1.73. The van der Waals surface area contributed by atoms with Crippen LogP contribution in [-0.4, -0.2) is 18.4 Å². The predicted molar refractivity (Wildman–Crippen MR) is 70.6 cm³/mol. The molecule has 0 saturated carbocycles. The van der Waals surface area contributed by atoms with E-state index in [2.05, 4.69) is 0 Å². The van der Waals surface area contributed by atoms with Crippen LogP contribution in [0.3, 0.4) is 0 Å². The van der Waals surface area contributed by atoms with E-state index in [1.165, 1.54) is 0 Å². The van der Waals surface area contributed by atoms with Crippen LogP contribution in [0.25, 0.3) is 0 Å². The molecule has 3 nitrogen and oxygen atoms in total. The molecule has 0 amide bonds. The zero-order valence-corrected chi connectivity index (χ0v) is 11.1. The SMILES string of the molecule is CCOC(=O)CCCc1ccc(C(=O)CC)cc1. The van der Waals surface area contributed by atoms with E-state index in [0.717, 1.165) is 24.0 Å². The number of hydrogen-bond acceptors (Lipinski definition) is 3. The average Bonchev–Trinajstić information content (AvgIpc) is 2.39. The Bertz CT molecular complexity index is 393. The zero-order valence-electron chi connectivity index (χ0n) is 11.1. The van der Waals surface area contributed by atoms with Gasteiger partial charge < -0.3 is 4.74 Å². The Balaban J connectivity index is 2.40. The van der Waals surface area contributed by atoms with Gasteiger partial charge in [0.25, 0.3) is 0 Å². The second kappa shape index (κ2) is 7.64. The monoisotopic (exact) mass is 248 g/mol. The lowest BCUT2D eigenvalue weighted by atomic mass is 10.0. The first-order valence-corrected chi connectivity index (χ1v) is 6.45. The van der Waals surface area contributed by atoms with Gasteiger partial charge in [-0.15, -0.1) is 0 Å². The molecule has 0 aliphatic rings. The Morgan fingerprint density at radius 2 is 1.78 bits per heavy atom. The highest BCUT2D eigenvalue weighted by molar-refractivity contribution is 5.95. The van der Waals surface area contributed by atoms with Crippen LogP contribution in [0.4, 0.5) is 0 Å². The topological polar surface area (TPSA) is 43.4 Å². The van der Waals surface area contributed by atoms with Crippen LogP contribution in [0, 0.1) is 0 Å². The number of ether oxygens (including phenoxy) is 1. The minimum Gasteiger partial charge on any atom is -0.466 e. The summed E-state index contributed by atoms with van der Waals surface area (Å²) in [5, 5.41) is 0. The molecule has 0 atom stereocenters. The molecule has 0 aliphatic heterocycles. The number of carbonyl (C=O) groups excluding carboxylic acids is 2. The van der Waals surface area contributed by atoms with Crippen molar-refractivity contribution in [1.82, 2.24) is 0 Å². The van der Waals surface area contributed by atoms with Gasteiger partial charge in [0.1, 0.15) is 0 Å². The van der Waals surface area contributed by atoms with E-state index in [1.807, 2.05) is 31.2 Å². The van der Waals surface area contributed by atoms with Crippen LogP contribution >= 0.6 is 0 Å². The number of hydrogen-bond donors (Lipinski definition) is 0. The minimum atomic E-state index is -0.143. The smallest absolute Gasteiger partial charge is 0.305 e. The van der Waals surface area contributed by atoms with Crippen molar-refractivity contribution >= 4 is 11.8 Å². The zero-order chi connectivity index (χ0) is 13.4. The molecule has 1 aromatic carbocycles. The maximum atomic E-state index is 11.4. The van der Waals surface area contributed by atoms with Crippen molar-refractivity contribution in [3.8, 4) is 0 Å². The third-order valence-electron chi connectivity index (χ3n) is 2.75. The van der Waals surface area contributed by atoms with E-state index in [1.54, 1.807) is 6.92 Å². The van der Waals surface area contributed by atoms with Gasteiger partial charge in [0, 0.05) is 18.4 Å². The van der Waals surface area contributed by atoms with E-state index in [-0.39, 0.29) is 11.8 Å². The highest BCUT2D eigenvalue weighted by atomic mass is 16.5. The first kappa shape index (κ1) is 14.4. The summed E-state index contributed by atoms with van der Waals surface area (Å²) in [5.74, 6) is 0.0170. The van der Waals surface area contributed by atoms with Crippen molar-refractivity contribution in [3.05, 3.63) is 35.4 Å². The van der Waals surface area contributed by atoms with Crippen molar-refractivity contribution in [2.75, 3.05) is 6.61 Å². The number of Topliss-reactive ketones (excluding diaryl/α,β-unsaturated/α-hetero) is 1. The van der Waals surface area contributed by atoms with Crippen LogP contribution < -0.4 is 0 Å². The molecule has 0 aliphatic carbocycles. The molecule has 0 N–H and O–H groups in total. The van der Waals surface area contributed by atoms with E-state index >= 15 is 0 Å². The fraction of sp³-hybridized carbons (Fsp3) is 0.467. The molecule has 0 radical (unpaired) electrons. The summed E-state index contributed by atoms with van der Waals surface area (Å²) in [6.45, 7) is 4.10. The number of aryl methyl sites for hydroxylation is 1. The largest absolute Gasteiger partial charge is 0.466 e. The molecule has 98 valence electrons. The van der Waals surface area contributed by atoms with Gasteiger partial charge >= 0.3 is 5.97 Å². The summed E-state index contributed by atoms with van der Waals surface area (Å²) in [4.78, 5) is 22.6. The summed E-state index contributed by atoms with van der Waals surface area (Å²) in [5.41, 5.74) is 1.90. The quantitative estimate of drug-likeness (QED) is 0.550. The second-order valence-electron chi connectivity index (χ2n) is 4.13. The van der Waals surface area contributed by atoms with Gasteiger partial charge in [0.05, 0.1) is 6.61 Å². The number of rotatable bonds is 7. The molecule has 3 heteroatoms. The van der Waals surface area contributed by atoms with E-state index < -0.39 is 0 Å².